The molecule has 7 heteroatoms. The third-order valence-corrected chi connectivity index (χ3v) is 2.58. The van der Waals surface area contributed by atoms with Crippen molar-refractivity contribution in [3.63, 3.8) is 0 Å². The van der Waals surface area contributed by atoms with Crippen LogP contribution in [0.2, 0.25) is 0 Å². The predicted molar refractivity (Wildman–Crippen MR) is 74.2 cm³/mol. The van der Waals surface area contributed by atoms with Gasteiger partial charge in [0.25, 0.3) is 0 Å². The topological polar surface area (TPSA) is 46.6 Å². The molecular weight excluding hydrogens is 299 g/mol. The molecule has 0 N–H and O–H groups in total. The molecule has 1 aromatic carbocycles. The molecule has 0 saturated heterocycles. The van der Waals surface area contributed by atoms with Crippen molar-refractivity contribution in [3.8, 4) is 0 Å². The summed E-state index contributed by atoms with van der Waals surface area (Å²) in [7, 11) is 3.16. The van der Waals surface area contributed by atoms with E-state index in [2.05, 4.69) is 0 Å². The molecule has 4 nitrogen and oxygen atoms in total. The lowest BCUT2D eigenvalue weighted by molar-refractivity contribution is -0.138. The molecule has 120 valence electrons. The van der Waals surface area contributed by atoms with Crippen molar-refractivity contribution in [1.29, 1.82) is 0 Å². The van der Waals surface area contributed by atoms with Crippen molar-refractivity contribution in [3.05, 3.63) is 47.2 Å². The molecule has 1 aromatic rings. The van der Waals surface area contributed by atoms with Crippen LogP contribution in [-0.2, 0) is 15.7 Å². The van der Waals surface area contributed by atoms with Gasteiger partial charge in [0, 0.05) is 25.9 Å². The summed E-state index contributed by atoms with van der Waals surface area (Å²) in [5.74, 6) is -1.70. The number of rotatable bonds is 5. The number of hydrogen-bond acceptors (Lipinski definition) is 4. The lowest BCUT2D eigenvalue weighted by Crippen LogP contribution is -2.20. The molecule has 0 saturated carbocycles. The lowest BCUT2D eigenvalue weighted by atomic mass is 10.0. The molecule has 0 bridgehead atoms. The zero-order valence-corrected chi connectivity index (χ0v) is 12.4. The number of carbonyl (C=O) groups excluding carboxylic acids is 2. The molecular formula is C15H16F3NO3. The van der Waals surface area contributed by atoms with Crippen LogP contribution in [0.4, 0.5) is 13.2 Å². The standard InChI is InChI=1S/C15H16F3NO3/c1-4-22-14(21)12(9-19(2)3)13(20)10-6-5-7-11(8-10)15(16,17)18/h5-9H,4H2,1-3H3/b12-9-. The Bertz CT molecular complexity index is 592. The van der Waals surface area contributed by atoms with Gasteiger partial charge in [0.1, 0.15) is 5.57 Å². The normalized spacial score (nSPS) is 12.0. The van der Waals surface area contributed by atoms with Gasteiger partial charge in [0.05, 0.1) is 12.2 Å². The van der Waals surface area contributed by atoms with E-state index >= 15 is 0 Å². The average molecular weight is 315 g/mol. The van der Waals surface area contributed by atoms with Gasteiger partial charge in [0.15, 0.2) is 0 Å². The molecule has 0 unspecified atom stereocenters. The molecule has 0 amide bonds. The van der Waals surface area contributed by atoms with Gasteiger partial charge in [0.2, 0.25) is 5.78 Å². The minimum Gasteiger partial charge on any atom is -0.462 e. The average Bonchev–Trinajstić information content (AvgIpc) is 2.43. The maximum atomic E-state index is 12.7. The van der Waals surface area contributed by atoms with E-state index in [-0.39, 0.29) is 17.7 Å². The van der Waals surface area contributed by atoms with E-state index in [1.807, 2.05) is 0 Å². The molecule has 22 heavy (non-hydrogen) atoms. The Balaban J connectivity index is 3.23. The van der Waals surface area contributed by atoms with Gasteiger partial charge in [-0.15, -0.1) is 0 Å². The van der Waals surface area contributed by atoms with Crippen LogP contribution in [0.15, 0.2) is 36.0 Å². The van der Waals surface area contributed by atoms with Crippen LogP contribution in [-0.4, -0.2) is 37.4 Å². The van der Waals surface area contributed by atoms with Crippen LogP contribution in [0.1, 0.15) is 22.8 Å². The number of Topliss-reactive ketones (excluding diaryl/α,β-unsaturated/α-hetero) is 1. The van der Waals surface area contributed by atoms with E-state index in [9.17, 15) is 22.8 Å². The molecule has 0 aliphatic heterocycles. The van der Waals surface area contributed by atoms with Crippen LogP contribution in [0.3, 0.4) is 0 Å². The van der Waals surface area contributed by atoms with Crippen molar-refractivity contribution in [2.45, 2.75) is 13.1 Å². The highest BCUT2D eigenvalue weighted by Crippen LogP contribution is 2.30. The second-order valence-electron chi connectivity index (χ2n) is 4.63. The molecule has 0 radical (unpaired) electrons. The number of ether oxygens (including phenoxy) is 1. The van der Waals surface area contributed by atoms with Crippen LogP contribution in [0.5, 0.6) is 0 Å². The fourth-order valence-corrected chi connectivity index (χ4v) is 1.66. The van der Waals surface area contributed by atoms with Gasteiger partial charge in [-0.2, -0.15) is 13.2 Å². The third-order valence-electron chi connectivity index (χ3n) is 2.58. The number of ketones is 1. The van der Waals surface area contributed by atoms with Gasteiger partial charge in [-0.3, -0.25) is 4.79 Å². The number of alkyl halides is 3. The minimum absolute atomic E-state index is 0.0550. The molecule has 1 rings (SSSR count). The molecule has 0 heterocycles. The van der Waals surface area contributed by atoms with Crippen LogP contribution < -0.4 is 0 Å². The summed E-state index contributed by atoms with van der Waals surface area (Å²) in [5.41, 5.74) is -1.51. The van der Waals surface area contributed by atoms with Crippen LogP contribution in [0, 0.1) is 0 Å². The van der Waals surface area contributed by atoms with E-state index in [1.54, 1.807) is 21.0 Å². The first kappa shape index (κ1) is 17.7. The third kappa shape index (κ3) is 4.61. The molecule has 0 fully saturated rings. The Labute approximate surface area is 126 Å². The van der Waals surface area contributed by atoms with E-state index < -0.39 is 23.5 Å². The first-order chi connectivity index (χ1) is 10.2. The molecule has 0 aliphatic carbocycles. The molecule has 0 aromatic heterocycles. The van der Waals surface area contributed by atoms with Gasteiger partial charge in [-0.1, -0.05) is 12.1 Å². The van der Waals surface area contributed by atoms with Gasteiger partial charge < -0.3 is 9.64 Å². The van der Waals surface area contributed by atoms with Crippen molar-refractivity contribution in [2.24, 2.45) is 0 Å². The summed E-state index contributed by atoms with van der Waals surface area (Å²) in [4.78, 5) is 25.6. The second-order valence-corrected chi connectivity index (χ2v) is 4.63. The monoisotopic (exact) mass is 315 g/mol. The Morgan fingerprint density at radius 2 is 1.91 bits per heavy atom. The van der Waals surface area contributed by atoms with E-state index in [0.717, 1.165) is 12.1 Å². The summed E-state index contributed by atoms with van der Waals surface area (Å²) in [6.45, 7) is 1.62. The number of benzene rings is 1. The molecule has 0 atom stereocenters. The Hall–Kier alpha value is -2.31. The highest BCUT2D eigenvalue weighted by Gasteiger charge is 2.31. The largest absolute Gasteiger partial charge is 0.462 e. The summed E-state index contributed by atoms with van der Waals surface area (Å²) >= 11 is 0. The number of halogens is 3. The summed E-state index contributed by atoms with van der Waals surface area (Å²) in [6, 6.07) is 3.91. The lowest BCUT2D eigenvalue weighted by Gasteiger charge is -2.12. The smallest absolute Gasteiger partial charge is 0.416 e. The van der Waals surface area contributed by atoms with E-state index in [0.29, 0.717) is 6.07 Å². The maximum absolute atomic E-state index is 12.7. The second kappa shape index (κ2) is 7.11. The van der Waals surface area contributed by atoms with Gasteiger partial charge >= 0.3 is 12.1 Å². The summed E-state index contributed by atoms with van der Waals surface area (Å²) in [5, 5.41) is 0. The molecule has 0 aliphatic rings. The summed E-state index contributed by atoms with van der Waals surface area (Å²) in [6.07, 6.45) is -3.34. The van der Waals surface area contributed by atoms with Crippen molar-refractivity contribution >= 4 is 11.8 Å². The first-order valence-electron chi connectivity index (χ1n) is 6.44. The highest BCUT2D eigenvalue weighted by atomic mass is 19.4. The zero-order chi connectivity index (χ0) is 16.9. The Morgan fingerprint density at radius 1 is 1.27 bits per heavy atom. The number of hydrogen-bond donors (Lipinski definition) is 0. The Kier molecular flexibility index (Phi) is 5.73. The van der Waals surface area contributed by atoms with E-state index in [4.69, 9.17) is 4.74 Å². The fraction of sp³-hybridized carbons (Fsp3) is 0.333. The highest BCUT2D eigenvalue weighted by molar-refractivity contribution is 6.24. The van der Waals surface area contributed by atoms with Crippen LogP contribution >= 0.6 is 0 Å². The first-order valence-corrected chi connectivity index (χ1v) is 6.44. The Morgan fingerprint density at radius 3 is 2.41 bits per heavy atom. The number of nitrogens with zero attached hydrogens (tertiary/aromatic N) is 1. The van der Waals surface area contributed by atoms with Gasteiger partial charge in [-0.25, -0.2) is 4.79 Å². The van der Waals surface area contributed by atoms with Crippen molar-refractivity contribution in [1.82, 2.24) is 4.90 Å². The van der Waals surface area contributed by atoms with Crippen molar-refractivity contribution < 1.29 is 27.5 Å². The fourth-order valence-electron chi connectivity index (χ4n) is 1.66. The van der Waals surface area contributed by atoms with E-state index in [1.165, 1.54) is 17.2 Å². The minimum atomic E-state index is -4.56. The molecule has 0 spiro atoms. The SMILES string of the molecule is CCOC(=O)/C(=C\N(C)C)C(=O)c1cccc(C(F)(F)F)c1. The predicted octanol–water partition coefficient (Wildman–Crippen LogP) is 2.90. The van der Waals surface area contributed by atoms with Gasteiger partial charge in [-0.05, 0) is 19.1 Å². The maximum Gasteiger partial charge on any atom is 0.416 e. The number of carbonyl (C=O) groups is 2. The quantitative estimate of drug-likeness (QED) is 0.276. The van der Waals surface area contributed by atoms with Crippen LogP contribution in [0.25, 0.3) is 0 Å². The number of esters is 1. The van der Waals surface area contributed by atoms with Crippen molar-refractivity contribution in [2.75, 3.05) is 20.7 Å². The zero-order valence-electron chi connectivity index (χ0n) is 12.4. The summed E-state index contributed by atoms with van der Waals surface area (Å²) < 4.78 is 42.9.